The van der Waals surface area contributed by atoms with Gasteiger partial charge in [-0.05, 0) is 59.9 Å². The highest BCUT2D eigenvalue weighted by molar-refractivity contribution is 8.16. The van der Waals surface area contributed by atoms with Crippen molar-refractivity contribution >= 4 is 56.7 Å². The molecule has 0 aromatic heterocycles. The van der Waals surface area contributed by atoms with E-state index in [9.17, 15) is 13.2 Å². The Kier molecular flexibility index (Phi) is 7.33. The van der Waals surface area contributed by atoms with Crippen molar-refractivity contribution in [3.63, 3.8) is 0 Å². The van der Waals surface area contributed by atoms with E-state index in [0.717, 1.165) is 21.4 Å². The third-order valence-electron chi connectivity index (χ3n) is 4.16. The van der Waals surface area contributed by atoms with Gasteiger partial charge in [-0.2, -0.15) is 4.31 Å². The van der Waals surface area contributed by atoms with E-state index in [0.29, 0.717) is 15.3 Å². The number of nitrogens with zero attached hydrogens (tertiary/aromatic N) is 1. The molecule has 9 heteroatoms. The first-order valence-electron chi connectivity index (χ1n) is 8.71. The predicted octanol–water partition coefficient (Wildman–Crippen LogP) is 4.47. The number of likely N-dealkylation sites (N-methyl/N-ethyl adjacent to an activating group) is 1. The van der Waals surface area contributed by atoms with E-state index in [2.05, 4.69) is 11.4 Å². The molecule has 0 aliphatic carbocycles. The molecule has 1 aliphatic rings. The van der Waals surface area contributed by atoms with Gasteiger partial charge in [-0.3, -0.25) is 4.79 Å². The molecule has 5 nitrogen and oxygen atoms in total. The molecule has 2 aromatic rings. The van der Waals surface area contributed by atoms with Gasteiger partial charge >= 0.3 is 0 Å². The average molecular weight is 457 g/mol. The van der Waals surface area contributed by atoms with Crippen LogP contribution in [0, 0.1) is 0 Å². The molecule has 0 saturated carbocycles. The molecule has 1 heterocycles. The van der Waals surface area contributed by atoms with Crippen LogP contribution in [0.5, 0.6) is 0 Å². The summed E-state index contributed by atoms with van der Waals surface area (Å²) in [7, 11) is -2.38. The molecule has 0 bridgehead atoms. The number of sulfonamides is 1. The Morgan fingerprint density at radius 2 is 1.86 bits per heavy atom. The van der Waals surface area contributed by atoms with Gasteiger partial charge in [-0.1, -0.05) is 23.7 Å². The minimum absolute atomic E-state index is 0.0977. The van der Waals surface area contributed by atoms with Gasteiger partial charge in [-0.25, -0.2) is 8.42 Å². The van der Waals surface area contributed by atoms with Gasteiger partial charge in [0.1, 0.15) is 0 Å². The maximum absolute atomic E-state index is 12.6. The van der Waals surface area contributed by atoms with Crippen LogP contribution in [0.1, 0.15) is 16.6 Å². The normalized spacial score (nSPS) is 15.5. The second kappa shape index (κ2) is 9.54. The molecular weight excluding hydrogens is 436 g/mol. The lowest BCUT2D eigenvalue weighted by Crippen LogP contribution is -2.34. The van der Waals surface area contributed by atoms with Crippen molar-refractivity contribution in [2.75, 3.05) is 30.4 Å². The molecular formula is C19H21ClN2O3S3. The Balaban J connectivity index is 1.64. The zero-order chi connectivity index (χ0) is 20.1. The lowest BCUT2D eigenvalue weighted by Gasteiger charge is -2.22. The average Bonchev–Trinajstić information content (AvgIpc) is 2.69. The topological polar surface area (TPSA) is 66.5 Å². The van der Waals surface area contributed by atoms with E-state index in [1.54, 1.807) is 0 Å². The lowest BCUT2D eigenvalue weighted by molar-refractivity contribution is -0.116. The number of halogens is 1. The second-order valence-electron chi connectivity index (χ2n) is 6.32. The first-order valence-corrected chi connectivity index (χ1v) is 12.6. The molecule has 1 fully saturated rings. The molecule has 0 radical (unpaired) electrons. The molecule has 2 aromatic carbocycles. The van der Waals surface area contributed by atoms with Crippen LogP contribution in [0.2, 0.25) is 5.02 Å². The number of hydrogen-bond donors (Lipinski definition) is 1. The van der Waals surface area contributed by atoms with Gasteiger partial charge in [-0.15, -0.1) is 23.5 Å². The van der Waals surface area contributed by atoms with Gasteiger partial charge in [0, 0.05) is 17.8 Å². The van der Waals surface area contributed by atoms with Crippen molar-refractivity contribution in [1.29, 1.82) is 0 Å². The zero-order valence-electron chi connectivity index (χ0n) is 15.3. The predicted molar refractivity (Wildman–Crippen MR) is 119 cm³/mol. The van der Waals surface area contributed by atoms with Crippen LogP contribution in [-0.4, -0.2) is 43.7 Å². The molecule has 1 amide bonds. The molecule has 150 valence electrons. The molecule has 1 N–H and O–H groups in total. The summed E-state index contributed by atoms with van der Waals surface area (Å²) in [5, 5.41) is 3.25. The van der Waals surface area contributed by atoms with Crippen LogP contribution in [0.3, 0.4) is 0 Å². The zero-order valence-corrected chi connectivity index (χ0v) is 18.5. The number of carbonyl (C=O) groups excluding carboxylic acids is 1. The van der Waals surface area contributed by atoms with E-state index in [1.807, 2.05) is 41.7 Å². The summed E-state index contributed by atoms with van der Waals surface area (Å²) in [6.45, 7) is -0.276. The monoisotopic (exact) mass is 456 g/mol. The minimum Gasteiger partial charge on any atom is -0.325 e. The fourth-order valence-electron chi connectivity index (χ4n) is 2.72. The second-order valence-corrected chi connectivity index (χ2v) is 11.5. The Bertz CT molecular complexity index is 930. The number of hydrogen-bond acceptors (Lipinski definition) is 5. The third-order valence-corrected chi connectivity index (χ3v) is 9.24. The Labute approximate surface area is 179 Å². The van der Waals surface area contributed by atoms with Crippen molar-refractivity contribution in [3.8, 4) is 0 Å². The van der Waals surface area contributed by atoms with Crippen LogP contribution in [-0.2, 0) is 14.8 Å². The summed E-state index contributed by atoms with van der Waals surface area (Å²) in [5.41, 5.74) is 1.83. The molecule has 28 heavy (non-hydrogen) atoms. The van der Waals surface area contributed by atoms with Gasteiger partial charge in [0.2, 0.25) is 15.9 Å². The van der Waals surface area contributed by atoms with Crippen LogP contribution in [0.25, 0.3) is 0 Å². The Hall–Kier alpha value is -1.19. The fraction of sp³-hybridized carbons (Fsp3) is 0.316. The number of rotatable bonds is 6. The standard InChI is InChI=1S/C19H21ClN2O3S3/c1-22(28(24,25)17-8-6-15(20)7-9-17)13-18(23)21-16-5-2-4-14(12-16)19-26-10-3-11-27-19/h2,4-9,12,19H,3,10-11,13H2,1H3,(H,21,23). The van der Waals surface area contributed by atoms with Gasteiger partial charge in [0.25, 0.3) is 0 Å². The SMILES string of the molecule is CN(CC(=O)Nc1cccc(C2SCCCS2)c1)S(=O)(=O)c1ccc(Cl)cc1. The number of thioether (sulfide) groups is 2. The van der Waals surface area contributed by atoms with Gasteiger partial charge < -0.3 is 5.32 Å². The number of carbonyl (C=O) groups is 1. The summed E-state index contributed by atoms with van der Waals surface area (Å²) in [6, 6.07) is 13.6. The van der Waals surface area contributed by atoms with E-state index >= 15 is 0 Å². The molecule has 1 saturated heterocycles. The highest BCUT2D eigenvalue weighted by Gasteiger charge is 2.23. The first-order chi connectivity index (χ1) is 13.4. The highest BCUT2D eigenvalue weighted by atomic mass is 35.5. The molecule has 3 rings (SSSR count). The van der Waals surface area contributed by atoms with Crippen LogP contribution in [0.4, 0.5) is 5.69 Å². The van der Waals surface area contributed by atoms with Crippen LogP contribution in [0.15, 0.2) is 53.4 Å². The minimum atomic E-state index is -3.76. The van der Waals surface area contributed by atoms with Gasteiger partial charge in [0.15, 0.2) is 0 Å². The van der Waals surface area contributed by atoms with Crippen molar-refractivity contribution < 1.29 is 13.2 Å². The fourth-order valence-corrected chi connectivity index (χ4v) is 6.84. The summed E-state index contributed by atoms with van der Waals surface area (Å²) in [4.78, 5) is 12.5. The first kappa shape index (κ1) is 21.5. The summed E-state index contributed by atoms with van der Waals surface area (Å²) >= 11 is 9.63. The van der Waals surface area contributed by atoms with Crippen molar-refractivity contribution in [2.24, 2.45) is 0 Å². The van der Waals surface area contributed by atoms with Crippen molar-refractivity contribution in [1.82, 2.24) is 4.31 Å². The van der Waals surface area contributed by atoms with E-state index in [-0.39, 0.29) is 17.3 Å². The maximum atomic E-state index is 12.6. The third kappa shape index (κ3) is 5.45. The van der Waals surface area contributed by atoms with E-state index in [1.165, 1.54) is 37.7 Å². The van der Waals surface area contributed by atoms with Crippen molar-refractivity contribution in [2.45, 2.75) is 15.9 Å². The molecule has 0 unspecified atom stereocenters. The highest BCUT2D eigenvalue weighted by Crippen LogP contribution is 2.44. The van der Waals surface area contributed by atoms with E-state index < -0.39 is 10.0 Å². The number of benzene rings is 2. The lowest BCUT2D eigenvalue weighted by atomic mass is 10.2. The Morgan fingerprint density at radius 3 is 2.54 bits per heavy atom. The number of amides is 1. The summed E-state index contributed by atoms with van der Waals surface area (Å²) in [5.74, 6) is 1.89. The number of nitrogens with one attached hydrogen (secondary N) is 1. The Morgan fingerprint density at radius 1 is 1.18 bits per heavy atom. The van der Waals surface area contributed by atoms with Crippen molar-refractivity contribution in [3.05, 3.63) is 59.1 Å². The van der Waals surface area contributed by atoms with Crippen LogP contribution >= 0.6 is 35.1 Å². The summed E-state index contributed by atoms with van der Waals surface area (Å²) in [6.07, 6.45) is 1.22. The number of anilines is 1. The summed E-state index contributed by atoms with van der Waals surface area (Å²) < 4.78 is 26.6. The largest absolute Gasteiger partial charge is 0.325 e. The van der Waals surface area contributed by atoms with Gasteiger partial charge in [0.05, 0.1) is 16.0 Å². The molecule has 1 aliphatic heterocycles. The molecule has 0 spiro atoms. The quantitative estimate of drug-likeness (QED) is 0.694. The maximum Gasteiger partial charge on any atom is 0.243 e. The smallest absolute Gasteiger partial charge is 0.243 e. The van der Waals surface area contributed by atoms with E-state index in [4.69, 9.17) is 11.6 Å². The van der Waals surface area contributed by atoms with Crippen LogP contribution < -0.4 is 5.32 Å². The molecule has 0 atom stereocenters.